The molecule has 2 aromatic carbocycles. The minimum atomic E-state index is -0.318. The Kier molecular flexibility index (Phi) is 3.96. The van der Waals surface area contributed by atoms with E-state index in [4.69, 9.17) is 9.15 Å². The van der Waals surface area contributed by atoms with Gasteiger partial charge in [-0.3, -0.25) is 0 Å². The summed E-state index contributed by atoms with van der Waals surface area (Å²) >= 11 is 0. The second-order valence-corrected chi connectivity index (χ2v) is 6.45. The van der Waals surface area contributed by atoms with E-state index in [-0.39, 0.29) is 5.97 Å². The normalized spacial score (nSPS) is 14.6. The fourth-order valence-electron chi connectivity index (χ4n) is 3.49. The quantitative estimate of drug-likeness (QED) is 0.657. The van der Waals surface area contributed by atoms with Crippen molar-refractivity contribution >= 4 is 22.6 Å². The number of hydrogen-bond donors (Lipinski definition) is 0. The smallest absolute Gasteiger partial charge is 0.342 e. The molecule has 1 fully saturated rings. The molecule has 4 rings (SSSR count). The van der Waals surface area contributed by atoms with Crippen LogP contribution in [0.5, 0.6) is 0 Å². The van der Waals surface area contributed by atoms with Crippen LogP contribution in [0.25, 0.3) is 11.0 Å². The molecule has 3 aromatic rings. The van der Waals surface area contributed by atoms with Crippen LogP contribution >= 0.6 is 0 Å². The van der Waals surface area contributed by atoms with Crippen LogP contribution in [0.4, 0.5) is 5.69 Å². The average Bonchev–Trinajstić information content (AvgIpc) is 2.90. The molecule has 1 aliphatic rings. The van der Waals surface area contributed by atoms with Crippen LogP contribution in [0.15, 0.2) is 52.9 Å². The highest BCUT2D eigenvalue weighted by Crippen LogP contribution is 2.35. The molecule has 0 amide bonds. The zero-order valence-electron chi connectivity index (χ0n) is 14.5. The molecule has 1 saturated heterocycles. The van der Waals surface area contributed by atoms with Gasteiger partial charge in [0.2, 0.25) is 0 Å². The van der Waals surface area contributed by atoms with E-state index in [0.717, 1.165) is 29.7 Å². The van der Waals surface area contributed by atoms with Gasteiger partial charge in [0.25, 0.3) is 0 Å². The Morgan fingerprint density at radius 2 is 1.96 bits per heavy atom. The lowest BCUT2D eigenvalue weighted by Gasteiger charge is -2.41. The highest BCUT2D eigenvalue weighted by atomic mass is 16.5. The van der Waals surface area contributed by atoms with E-state index >= 15 is 0 Å². The van der Waals surface area contributed by atoms with Crippen LogP contribution in [0.1, 0.15) is 34.5 Å². The van der Waals surface area contributed by atoms with E-state index in [1.165, 1.54) is 5.56 Å². The average molecular weight is 335 g/mol. The molecule has 0 saturated carbocycles. The Bertz CT molecular complexity index is 908. The Morgan fingerprint density at radius 3 is 2.68 bits per heavy atom. The first-order valence-corrected chi connectivity index (χ1v) is 8.67. The van der Waals surface area contributed by atoms with E-state index < -0.39 is 0 Å². The summed E-state index contributed by atoms with van der Waals surface area (Å²) in [6.07, 6.45) is 0. The van der Waals surface area contributed by atoms with E-state index in [1.807, 2.05) is 25.1 Å². The fraction of sp³-hybridized carbons (Fsp3) is 0.286. The topological polar surface area (TPSA) is 42.7 Å². The van der Waals surface area contributed by atoms with Crippen LogP contribution in [0.3, 0.4) is 0 Å². The number of nitrogens with zero attached hydrogens (tertiary/aromatic N) is 1. The summed E-state index contributed by atoms with van der Waals surface area (Å²) in [5.74, 6) is 0.852. The van der Waals surface area contributed by atoms with Gasteiger partial charge in [-0.2, -0.15) is 0 Å². The van der Waals surface area contributed by atoms with Crippen molar-refractivity contribution in [3.05, 3.63) is 65.4 Å². The van der Waals surface area contributed by atoms with Crippen molar-refractivity contribution in [1.82, 2.24) is 0 Å². The van der Waals surface area contributed by atoms with Gasteiger partial charge in [0.05, 0.1) is 6.61 Å². The second-order valence-electron chi connectivity index (χ2n) is 6.45. The number of rotatable bonds is 4. The first kappa shape index (κ1) is 15.8. The number of furan rings is 1. The molecular formula is C21H21NO3. The van der Waals surface area contributed by atoms with Crippen LogP contribution in [0.2, 0.25) is 0 Å². The second kappa shape index (κ2) is 6.28. The SMILES string of the molecule is CCOC(=O)c1c(C)oc2ccc(N3CC(c4ccccc4)C3)cc12. The Balaban J connectivity index is 1.60. The van der Waals surface area contributed by atoms with E-state index in [2.05, 4.69) is 35.2 Å². The Labute approximate surface area is 147 Å². The molecule has 4 heteroatoms. The third-order valence-corrected chi connectivity index (χ3v) is 4.84. The van der Waals surface area contributed by atoms with Gasteiger partial charge in [-0.05, 0) is 37.6 Å². The van der Waals surface area contributed by atoms with Gasteiger partial charge in [0.15, 0.2) is 0 Å². The maximum absolute atomic E-state index is 12.2. The maximum atomic E-state index is 12.2. The summed E-state index contributed by atoms with van der Waals surface area (Å²) in [5, 5.41) is 0.830. The molecule has 0 atom stereocenters. The third-order valence-electron chi connectivity index (χ3n) is 4.84. The van der Waals surface area contributed by atoms with E-state index in [9.17, 15) is 4.79 Å². The maximum Gasteiger partial charge on any atom is 0.342 e. The monoisotopic (exact) mass is 335 g/mol. The minimum Gasteiger partial charge on any atom is -0.462 e. The Hall–Kier alpha value is -2.75. The number of aryl methyl sites for hydroxylation is 1. The first-order chi connectivity index (χ1) is 12.2. The molecule has 0 N–H and O–H groups in total. The largest absolute Gasteiger partial charge is 0.462 e. The molecule has 0 bridgehead atoms. The van der Waals surface area contributed by atoms with Crippen LogP contribution in [-0.4, -0.2) is 25.7 Å². The van der Waals surface area contributed by atoms with Crippen molar-refractivity contribution in [3.8, 4) is 0 Å². The molecule has 0 aliphatic carbocycles. The van der Waals surface area contributed by atoms with Gasteiger partial charge in [-0.1, -0.05) is 30.3 Å². The molecule has 0 radical (unpaired) electrons. The van der Waals surface area contributed by atoms with Crippen LogP contribution < -0.4 is 4.90 Å². The lowest BCUT2D eigenvalue weighted by molar-refractivity contribution is 0.0526. The zero-order valence-corrected chi connectivity index (χ0v) is 14.5. The van der Waals surface area contributed by atoms with E-state index in [1.54, 1.807) is 6.92 Å². The predicted octanol–water partition coefficient (Wildman–Crippen LogP) is 4.52. The predicted molar refractivity (Wildman–Crippen MR) is 98.3 cm³/mol. The van der Waals surface area contributed by atoms with Gasteiger partial charge in [-0.15, -0.1) is 0 Å². The third kappa shape index (κ3) is 2.78. The lowest BCUT2D eigenvalue weighted by Crippen LogP contribution is -2.45. The van der Waals surface area contributed by atoms with Crippen molar-refractivity contribution in [1.29, 1.82) is 0 Å². The summed E-state index contributed by atoms with van der Waals surface area (Å²) < 4.78 is 10.9. The molecule has 1 aliphatic heterocycles. The Morgan fingerprint density at radius 1 is 1.20 bits per heavy atom. The van der Waals surface area contributed by atoms with Crippen molar-refractivity contribution in [3.63, 3.8) is 0 Å². The summed E-state index contributed by atoms with van der Waals surface area (Å²) in [6, 6.07) is 16.6. The summed E-state index contributed by atoms with van der Waals surface area (Å²) in [7, 11) is 0. The van der Waals surface area contributed by atoms with Gasteiger partial charge in [0, 0.05) is 30.1 Å². The number of esters is 1. The van der Waals surface area contributed by atoms with Crippen molar-refractivity contribution in [2.45, 2.75) is 19.8 Å². The summed E-state index contributed by atoms with van der Waals surface area (Å²) in [5.41, 5.74) is 3.76. The summed E-state index contributed by atoms with van der Waals surface area (Å²) in [4.78, 5) is 14.6. The molecule has 25 heavy (non-hydrogen) atoms. The number of carbonyl (C=O) groups excluding carboxylic acids is 1. The molecule has 128 valence electrons. The lowest BCUT2D eigenvalue weighted by atomic mass is 9.91. The zero-order chi connectivity index (χ0) is 17.4. The van der Waals surface area contributed by atoms with Crippen molar-refractivity contribution < 1.29 is 13.9 Å². The van der Waals surface area contributed by atoms with E-state index in [0.29, 0.717) is 23.8 Å². The summed E-state index contributed by atoms with van der Waals surface area (Å²) in [6.45, 7) is 5.95. The highest BCUT2D eigenvalue weighted by Gasteiger charge is 2.29. The molecule has 0 unspecified atom stereocenters. The number of benzene rings is 2. The molecular weight excluding hydrogens is 314 g/mol. The molecule has 1 aromatic heterocycles. The number of ether oxygens (including phenoxy) is 1. The minimum absolute atomic E-state index is 0.318. The van der Waals surface area contributed by atoms with Crippen LogP contribution in [0, 0.1) is 6.92 Å². The standard InChI is InChI=1S/C21H21NO3/c1-3-24-21(23)20-14(2)25-19-10-9-17(11-18(19)20)22-12-16(13-22)15-7-5-4-6-8-15/h4-11,16H,3,12-13H2,1-2H3. The fourth-order valence-corrected chi connectivity index (χ4v) is 3.49. The molecule has 4 nitrogen and oxygen atoms in total. The van der Waals surface area contributed by atoms with Gasteiger partial charge >= 0.3 is 5.97 Å². The van der Waals surface area contributed by atoms with Crippen LogP contribution in [-0.2, 0) is 4.74 Å². The van der Waals surface area contributed by atoms with Gasteiger partial charge in [0.1, 0.15) is 16.9 Å². The number of anilines is 1. The number of fused-ring (bicyclic) bond motifs is 1. The number of hydrogen-bond acceptors (Lipinski definition) is 4. The number of carbonyl (C=O) groups is 1. The van der Waals surface area contributed by atoms with Crippen molar-refractivity contribution in [2.75, 3.05) is 24.6 Å². The van der Waals surface area contributed by atoms with Gasteiger partial charge in [-0.25, -0.2) is 4.79 Å². The molecule has 2 heterocycles. The van der Waals surface area contributed by atoms with Gasteiger partial charge < -0.3 is 14.1 Å². The van der Waals surface area contributed by atoms with Crippen molar-refractivity contribution in [2.24, 2.45) is 0 Å². The first-order valence-electron chi connectivity index (χ1n) is 8.67. The molecule has 0 spiro atoms. The highest BCUT2D eigenvalue weighted by molar-refractivity contribution is 6.05.